The van der Waals surface area contributed by atoms with Crippen LogP contribution in [-0.4, -0.2) is 25.7 Å². The first-order valence-electron chi connectivity index (χ1n) is 7.10. The Kier molecular flexibility index (Phi) is 4.92. The van der Waals surface area contributed by atoms with Crippen LogP contribution in [0.25, 0.3) is 0 Å². The van der Waals surface area contributed by atoms with Crippen LogP contribution >= 0.6 is 0 Å². The Bertz CT molecular complexity index is 547. The lowest BCUT2D eigenvalue weighted by Crippen LogP contribution is -2.48. The van der Waals surface area contributed by atoms with Crippen LogP contribution in [0, 0.1) is 23.1 Å². The van der Waals surface area contributed by atoms with Crippen LogP contribution in [0.5, 0.6) is 0 Å². The number of carbonyl (C=O) groups excluding carboxylic acids is 1. The van der Waals surface area contributed by atoms with Crippen LogP contribution in [0.4, 0.5) is 4.39 Å². The maximum atomic E-state index is 13.5. The van der Waals surface area contributed by atoms with Gasteiger partial charge in [-0.2, -0.15) is 5.26 Å². The monoisotopic (exact) mass is 290 g/mol. The van der Waals surface area contributed by atoms with Crippen molar-refractivity contribution in [3.8, 4) is 6.07 Å². The van der Waals surface area contributed by atoms with Crippen LogP contribution in [-0.2, 0) is 14.9 Å². The molecule has 0 aromatic heterocycles. The number of rotatable bonds is 4. The van der Waals surface area contributed by atoms with Gasteiger partial charge in [-0.05, 0) is 37.5 Å². The van der Waals surface area contributed by atoms with Crippen LogP contribution in [0.3, 0.4) is 0 Å². The standard InChI is InChI=1S/C16H19FN2O2/c1-12(10-18)11-19-15(20)16(5-7-21-8-6-16)13-3-2-4-14(17)9-13/h2-4,9,12H,5-8,11H2,1H3,(H,19,20). The number of nitriles is 1. The Morgan fingerprint density at radius 1 is 1.52 bits per heavy atom. The first kappa shape index (κ1) is 15.5. The molecule has 1 aliphatic rings. The van der Waals surface area contributed by atoms with E-state index in [1.165, 1.54) is 12.1 Å². The number of ether oxygens (including phenoxy) is 1. The van der Waals surface area contributed by atoms with E-state index in [2.05, 4.69) is 11.4 Å². The molecule has 0 aliphatic carbocycles. The normalized spacial score (nSPS) is 18.5. The van der Waals surface area contributed by atoms with Crippen molar-refractivity contribution in [2.45, 2.75) is 25.2 Å². The third-order valence-corrected chi connectivity index (χ3v) is 3.95. The van der Waals surface area contributed by atoms with Gasteiger partial charge in [0, 0.05) is 19.8 Å². The number of benzene rings is 1. The highest BCUT2D eigenvalue weighted by Crippen LogP contribution is 2.35. The number of halogens is 1. The largest absolute Gasteiger partial charge is 0.381 e. The van der Waals surface area contributed by atoms with Gasteiger partial charge in [0.25, 0.3) is 0 Å². The first-order valence-corrected chi connectivity index (χ1v) is 7.10. The van der Waals surface area contributed by atoms with Gasteiger partial charge in [-0.25, -0.2) is 4.39 Å². The summed E-state index contributed by atoms with van der Waals surface area (Å²) in [5.74, 6) is -0.756. The molecule has 2 rings (SSSR count). The fourth-order valence-electron chi connectivity index (χ4n) is 2.61. The zero-order chi connectivity index (χ0) is 15.3. The number of nitrogens with zero attached hydrogens (tertiary/aromatic N) is 1. The van der Waals surface area contributed by atoms with E-state index in [-0.39, 0.29) is 17.6 Å². The minimum atomic E-state index is -0.768. The number of hydrogen-bond acceptors (Lipinski definition) is 3. The van der Waals surface area contributed by atoms with Crippen LogP contribution < -0.4 is 5.32 Å². The SMILES string of the molecule is CC(C#N)CNC(=O)C1(c2cccc(F)c2)CCOCC1. The van der Waals surface area contributed by atoms with E-state index in [1.807, 2.05) is 0 Å². The van der Waals surface area contributed by atoms with Crippen molar-refractivity contribution < 1.29 is 13.9 Å². The molecule has 1 unspecified atom stereocenters. The summed E-state index contributed by atoms with van der Waals surface area (Å²) in [6.07, 6.45) is 1.03. The fraction of sp³-hybridized carbons (Fsp3) is 0.500. The molecule has 0 spiro atoms. The molecule has 1 aliphatic heterocycles. The molecule has 4 nitrogen and oxygen atoms in total. The molecule has 0 saturated carbocycles. The summed E-state index contributed by atoms with van der Waals surface area (Å²) in [5, 5.41) is 11.6. The van der Waals surface area contributed by atoms with Crippen LogP contribution in [0.15, 0.2) is 24.3 Å². The zero-order valence-corrected chi connectivity index (χ0v) is 12.1. The van der Waals surface area contributed by atoms with E-state index in [0.717, 1.165) is 0 Å². The molecule has 0 bridgehead atoms. The minimum absolute atomic E-state index is 0.154. The predicted octanol–water partition coefficient (Wildman–Crippen LogP) is 2.15. The summed E-state index contributed by atoms with van der Waals surface area (Å²) in [6.45, 7) is 2.99. The van der Waals surface area contributed by atoms with E-state index in [4.69, 9.17) is 10.00 Å². The highest BCUT2D eigenvalue weighted by Gasteiger charge is 2.41. The molecule has 1 heterocycles. The van der Waals surface area contributed by atoms with Gasteiger partial charge < -0.3 is 10.1 Å². The van der Waals surface area contributed by atoms with E-state index in [0.29, 0.717) is 38.2 Å². The van der Waals surface area contributed by atoms with Crippen molar-refractivity contribution in [3.63, 3.8) is 0 Å². The molecule has 1 aromatic rings. The second-order valence-electron chi connectivity index (χ2n) is 5.44. The first-order chi connectivity index (χ1) is 10.1. The van der Waals surface area contributed by atoms with Gasteiger partial charge in [-0.1, -0.05) is 12.1 Å². The van der Waals surface area contributed by atoms with Crippen LogP contribution in [0.2, 0.25) is 0 Å². The van der Waals surface area contributed by atoms with E-state index in [1.54, 1.807) is 19.1 Å². The lowest BCUT2D eigenvalue weighted by atomic mass is 9.73. The summed E-state index contributed by atoms with van der Waals surface area (Å²) >= 11 is 0. The number of carbonyl (C=O) groups is 1. The van der Waals surface area contributed by atoms with Crippen LogP contribution in [0.1, 0.15) is 25.3 Å². The second-order valence-corrected chi connectivity index (χ2v) is 5.44. The maximum Gasteiger partial charge on any atom is 0.230 e. The lowest BCUT2D eigenvalue weighted by Gasteiger charge is -2.36. The molecule has 0 radical (unpaired) electrons. The molecular weight excluding hydrogens is 271 g/mol. The summed E-state index contributed by atoms with van der Waals surface area (Å²) in [5.41, 5.74) is -0.0943. The van der Waals surface area contributed by atoms with E-state index in [9.17, 15) is 9.18 Å². The van der Waals surface area contributed by atoms with E-state index >= 15 is 0 Å². The van der Waals surface area contributed by atoms with E-state index < -0.39 is 5.41 Å². The van der Waals surface area contributed by atoms with Crippen molar-refractivity contribution in [3.05, 3.63) is 35.6 Å². The van der Waals surface area contributed by atoms with Crippen molar-refractivity contribution in [1.29, 1.82) is 5.26 Å². The Labute approximate surface area is 123 Å². The van der Waals surface area contributed by atoms with Crippen molar-refractivity contribution in [2.75, 3.05) is 19.8 Å². The smallest absolute Gasteiger partial charge is 0.230 e. The minimum Gasteiger partial charge on any atom is -0.381 e. The lowest BCUT2D eigenvalue weighted by molar-refractivity contribution is -0.130. The third-order valence-electron chi connectivity index (χ3n) is 3.95. The zero-order valence-electron chi connectivity index (χ0n) is 12.1. The molecule has 21 heavy (non-hydrogen) atoms. The Balaban J connectivity index is 2.25. The number of hydrogen-bond donors (Lipinski definition) is 1. The highest BCUT2D eigenvalue weighted by molar-refractivity contribution is 5.88. The molecule has 1 fully saturated rings. The molecular formula is C16H19FN2O2. The fourth-order valence-corrected chi connectivity index (χ4v) is 2.61. The maximum absolute atomic E-state index is 13.5. The molecule has 1 aromatic carbocycles. The van der Waals surface area contributed by atoms with Gasteiger partial charge in [0.15, 0.2) is 0 Å². The molecule has 1 saturated heterocycles. The molecule has 5 heteroatoms. The number of nitrogens with one attached hydrogen (secondary N) is 1. The van der Waals surface area contributed by atoms with Gasteiger partial charge >= 0.3 is 0 Å². The second kappa shape index (κ2) is 6.68. The quantitative estimate of drug-likeness (QED) is 0.924. The average Bonchev–Trinajstić information content (AvgIpc) is 2.52. The summed E-state index contributed by atoms with van der Waals surface area (Å²) in [6, 6.07) is 8.27. The summed E-state index contributed by atoms with van der Waals surface area (Å²) in [7, 11) is 0. The topological polar surface area (TPSA) is 62.1 Å². The van der Waals surface area contributed by atoms with Gasteiger partial charge in [0.2, 0.25) is 5.91 Å². The molecule has 1 amide bonds. The average molecular weight is 290 g/mol. The third kappa shape index (κ3) is 3.40. The van der Waals surface area contributed by atoms with Crippen molar-refractivity contribution >= 4 is 5.91 Å². The predicted molar refractivity (Wildman–Crippen MR) is 75.9 cm³/mol. The van der Waals surface area contributed by atoms with Gasteiger partial charge in [0.05, 0.1) is 17.4 Å². The summed E-state index contributed by atoms with van der Waals surface area (Å²) in [4.78, 5) is 12.7. The Hall–Kier alpha value is -1.93. The van der Waals surface area contributed by atoms with Crippen molar-refractivity contribution in [2.24, 2.45) is 5.92 Å². The van der Waals surface area contributed by atoms with Gasteiger partial charge in [-0.3, -0.25) is 4.79 Å². The van der Waals surface area contributed by atoms with Gasteiger partial charge in [0.1, 0.15) is 5.82 Å². The van der Waals surface area contributed by atoms with Crippen molar-refractivity contribution in [1.82, 2.24) is 5.32 Å². The molecule has 1 N–H and O–H groups in total. The molecule has 112 valence electrons. The Morgan fingerprint density at radius 3 is 2.86 bits per heavy atom. The molecule has 1 atom stereocenters. The summed E-state index contributed by atoms with van der Waals surface area (Å²) < 4.78 is 18.9. The highest BCUT2D eigenvalue weighted by atomic mass is 19.1. The Morgan fingerprint density at radius 2 is 2.24 bits per heavy atom. The number of amides is 1. The van der Waals surface area contributed by atoms with Gasteiger partial charge in [-0.15, -0.1) is 0 Å².